The minimum absolute atomic E-state index is 0.347. The SMILES string of the molecule is CC(C)N1CCC(CNS(=O)(=O)c2ccccc2)CC1. The number of hydrogen-bond donors (Lipinski definition) is 1. The molecule has 1 N–H and O–H groups in total. The second kappa shape index (κ2) is 6.70. The summed E-state index contributed by atoms with van der Waals surface area (Å²) >= 11 is 0. The van der Waals surface area contributed by atoms with Gasteiger partial charge in [-0.05, 0) is 57.8 Å². The third-order valence-electron chi connectivity index (χ3n) is 3.99. The lowest BCUT2D eigenvalue weighted by Gasteiger charge is -2.34. The third kappa shape index (κ3) is 4.04. The van der Waals surface area contributed by atoms with Gasteiger partial charge < -0.3 is 4.90 Å². The van der Waals surface area contributed by atoms with Crippen molar-refractivity contribution in [3.8, 4) is 0 Å². The van der Waals surface area contributed by atoms with E-state index in [-0.39, 0.29) is 0 Å². The Hall–Kier alpha value is -0.910. The normalized spacial score (nSPS) is 18.6. The molecule has 1 aromatic carbocycles. The molecule has 4 nitrogen and oxygen atoms in total. The van der Waals surface area contributed by atoms with Gasteiger partial charge in [-0.3, -0.25) is 0 Å². The second-order valence-electron chi connectivity index (χ2n) is 5.74. The van der Waals surface area contributed by atoms with Crippen LogP contribution >= 0.6 is 0 Å². The maximum absolute atomic E-state index is 12.1. The van der Waals surface area contributed by atoms with Gasteiger partial charge in [0.15, 0.2) is 0 Å². The molecule has 0 atom stereocenters. The second-order valence-corrected chi connectivity index (χ2v) is 7.50. The van der Waals surface area contributed by atoms with E-state index in [2.05, 4.69) is 23.5 Å². The molecule has 1 saturated heterocycles. The highest BCUT2D eigenvalue weighted by atomic mass is 32.2. The van der Waals surface area contributed by atoms with Gasteiger partial charge in [0.2, 0.25) is 10.0 Å². The summed E-state index contributed by atoms with van der Waals surface area (Å²) in [6.45, 7) is 7.09. The van der Waals surface area contributed by atoms with Gasteiger partial charge in [-0.15, -0.1) is 0 Å². The summed E-state index contributed by atoms with van der Waals surface area (Å²) in [5, 5.41) is 0. The van der Waals surface area contributed by atoms with Crippen LogP contribution in [0, 0.1) is 5.92 Å². The number of nitrogens with zero attached hydrogens (tertiary/aromatic N) is 1. The van der Waals surface area contributed by atoms with Crippen molar-refractivity contribution in [2.24, 2.45) is 5.92 Å². The van der Waals surface area contributed by atoms with E-state index in [1.165, 1.54) is 0 Å². The molecule has 0 bridgehead atoms. The monoisotopic (exact) mass is 296 g/mol. The van der Waals surface area contributed by atoms with Gasteiger partial charge in [-0.25, -0.2) is 13.1 Å². The van der Waals surface area contributed by atoms with Gasteiger partial charge in [0, 0.05) is 12.6 Å². The van der Waals surface area contributed by atoms with Crippen molar-refractivity contribution in [2.45, 2.75) is 37.6 Å². The molecular formula is C15H24N2O2S. The van der Waals surface area contributed by atoms with Crippen molar-refractivity contribution < 1.29 is 8.42 Å². The van der Waals surface area contributed by atoms with Crippen LogP contribution in [0.15, 0.2) is 35.2 Å². The molecule has 1 aromatic rings. The summed E-state index contributed by atoms with van der Waals surface area (Å²) in [4.78, 5) is 2.79. The number of sulfonamides is 1. The molecule has 2 rings (SSSR count). The Morgan fingerprint density at radius 3 is 2.35 bits per heavy atom. The van der Waals surface area contributed by atoms with Crippen molar-refractivity contribution >= 4 is 10.0 Å². The Kier molecular flexibility index (Phi) is 5.18. The lowest BCUT2D eigenvalue weighted by Crippen LogP contribution is -2.41. The smallest absolute Gasteiger partial charge is 0.240 e. The Bertz CT molecular complexity index is 506. The summed E-state index contributed by atoms with van der Waals surface area (Å²) < 4.78 is 27.0. The van der Waals surface area contributed by atoms with Crippen molar-refractivity contribution in [3.63, 3.8) is 0 Å². The summed E-state index contributed by atoms with van der Waals surface area (Å²) in [6.07, 6.45) is 2.13. The van der Waals surface area contributed by atoms with E-state index >= 15 is 0 Å². The molecule has 1 fully saturated rings. The molecule has 0 radical (unpaired) electrons. The van der Waals surface area contributed by atoms with Crippen LogP contribution in [0.2, 0.25) is 0 Å². The lowest BCUT2D eigenvalue weighted by molar-refractivity contribution is 0.151. The molecular weight excluding hydrogens is 272 g/mol. The van der Waals surface area contributed by atoms with Crippen LogP contribution < -0.4 is 4.72 Å². The largest absolute Gasteiger partial charge is 0.301 e. The van der Waals surface area contributed by atoms with E-state index in [4.69, 9.17) is 0 Å². The zero-order valence-electron chi connectivity index (χ0n) is 12.2. The third-order valence-corrected chi connectivity index (χ3v) is 5.43. The fraction of sp³-hybridized carbons (Fsp3) is 0.600. The van der Waals surface area contributed by atoms with E-state index in [0.29, 0.717) is 23.4 Å². The molecule has 0 saturated carbocycles. The fourth-order valence-corrected chi connectivity index (χ4v) is 3.72. The van der Waals surface area contributed by atoms with Crippen molar-refractivity contribution in [1.29, 1.82) is 0 Å². The minimum Gasteiger partial charge on any atom is -0.301 e. The molecule has 1 aliphatic heterocycles. The first-order valence-corrected chi connectivity index (χ1v) is 8.76. The van der Waals surface area contributed by atoms with Crippen LogP contribution in [0.1, 0.15) is 26.7 Å². The topological polar surface area (TPSA) is 49.4 Å². The number of likely N-dealkylation sites (tertiary alicyclic amines) is 1. The summed E-state index contributed by atoms with van der Waals surface area (Å²) in [5.41, 5.74) is 0. The molecule has 0 unspecified atom stereocenters. The number of nitrogens with one attached hydrogen (secondary N) is 1. The number of benzene rings is 1. The van der Waals surface area contributed by atoms with Gasteiger partial charge in [-0.2, -0.15) is 0 Å². The zero-order chi connectivity index (χ0) is 14.6. The Morgan fingerprint density at radius 1 is 1.20 bits per heavy atom. The first-order valence-electron chi connectivity index (χ1n) is 7.28. The van der Waals surface area contributed by atoms with Crippen LogP contribution in [0.5, 0.6) is 0 Å². The van der Waals surface area contributed by atoms with Gasteiger partial charge >= 0.3 is 0 Å². The van der Waals surface area contributed by atoms with E-state index < -0.39 is 10.0 Å². The van der Waals surface area contributed by atoms with Crippen LogP contribution in [-0.4, -0.2) is 39.0 Å². The number of piperidine rings is 1. The van der Waals surface area contributed by atoms with Crippen molar-refractivity contribution in [1.82, 2.24) is 9.62 Å². The Balaban J connectivity index is 1.85. The fourth-order valence-electron chi connectivity index (χ4n) is 2.58. The van der Waals surface area contributed by atoms with Gasteiger partial charge in [0.25, 0.3) is 0 Å². The van der Waals surface area contributed by atoms with Crippen molar-refractivity contribution in [3.05, 3.63) is 30.3 Å². The molecule has 5 heteroatoms. The highest BCUT2D eigenvalue weighted by Gasteiger charge is 2.22. The average Bonchev–Trinajstić information content (AvgIpc) is 2.46. The maximum Gasteiger partial charge on any atom is 0.240 e. The average molecular weight is 296 g/mol. The molecule has 112 valence electrons. The Morgan fingerprint density at radius 2 is 1.80 bits per heavy atom. The van der Waals surface area contributed by atoms with E-state index in [9.17, 15) is 8.42 Å². The van der Waals surface area contributed by atoms with Gasteiger partial charge in [0.1, 0.15) is 0 Å². The van der Waals surface area contributed by atoms with Crippen LogP contribution in [0.25, 0.3) is 0 Å². The highest BCUT2D eigenvalue weighted by molar-refractivity contribution is 7.89. The highest BCUT2D eigenvalue weighted by Crippen LogP contribution is 2.19. The zero-order valence-corrected chi connectivity index (χ0v) is 13.1. The molecule has 0 aromatic heterocycles. The molecule has 1 aliphatic rings. The maximum atomic E-state index is 12.1. The van der Waals surface area contributed by atoms with Crippen LogP contribution in [-0.2, 0) is 10.0 Å². The molecule has 0 spiro atoms. The predicted molar refractivity (Wildman–Crippen MR) is 81.1 cm³/mol. The quantitative estimate of drug-likeness (QED) is 0.905. The summed E-state index contributed by atoms with van der Waals surface area (Å²) in [6, 6.07) is 9.15. The predicted octanol–water partition coefficient (Wildman–Crippen LogP) is 2.09. The minimum atomic E-state index is -3.35. The van der Waals surface area contributed by atoms with E-state index in [1.54, 1.807) is 24.3 Å². The number of hydrogen-bond acceptors (Lipinski definition) is 3. The van der Waals surface area contributed by atoms with Crippen LogP contribution in [0.3, 0.4) is 0 Å². The lowest BCUT2D eigenvalue weighted by atomic mass is 9.96. The molecule has 1 heterocycles. The summed E-state index contributed by atoms with van der Waals surface area (Å²) in [7, 11) is -3.35. The van der Waals surface area contributed by atoms with Crippen molar-refractivity contribution in [2.75, 3.05) is 19.6 Å². The molecule has 0 amide bonds. The number of rotatable bonds is 5. The molecule has 0 aliphatic carbocycles. The molecule has 20 heavy (non-hydrogen) atoms. The van der Waals surface area contributed by atoms with Gasteiger partial charge in [-0.1, -0.05) is 18.2 Å². The standard InChI is InChI=1S/C15H24N2O2S/c1-13(2)17-10-8-14(9-11-17)12-16-20(18,19)15-6-4-3-5-7-15/h3-7,13-14,16H,8-12H2,1-2H3. The first-order chi connectivity index (χ1) is 9.49. The first kappa shape index (κ1) is 15.5. The van der Waals surface area contributed by atoms with E-state index in [1.807, 2.05) is 6.07 Å². The van der Waals surface area contributed by atoms with Crippen LogP contribution in [0.4, 0.5) is 0 Å². The van der Waals surface area contributed by atoms with E-state index in [0.717, 1.165) is 25.9 Å². The Labute approximate surface area is 122 Å². The summed E-state index contributed by atoms with van der Waals surface area (Å²) in [5.74, 6) is 0.448. The van der Waals surface area contributed by atoms with Gasteiger partial charge in [0.05, 0.1) is 4.90 Å².